The number of halogens is 4. The Labute approximate surface area is 138 Å². The molecule has 22 heavy (non-hydrogen) atoms. The smallest absolute Gasteiger partial charge is 0.268 e. The number of hydrogen-bond acceptors (Lipinski definition) is 1. The number of rotatable bonds is 3. The van der Waals surface area contributed by atoms with Crippen LogP contribution in [0.1, 0.15) is 17.0 Å². The summed E-state index contributed by atoms with van der Waals surface area (Å²) < 4.78 is 28.8. The molecule has 3 rings (SSSR count). The van der Waals surface area contributed by atoms with E-state index >= 15 is 0 Å². The third-order valence-electron chi connectivity index (χ3n) is 3.97. The molecule has 0 radical (unpaired) electrons. The van der Waals surface area contributed by atoms with Crippen molar-refractivity contribution >= 4 is 23.2 Å². The SMILES string of the molecule is FC1(F)CN(Cc2ccccc2)CC1c1ccc(Cl)cc1Cl. The molecule has 1 aliphatic heterocycles. The average Bonchev–Trinajstić information content (AvgIpc) is 2.74. The van der Waals surface area contributed by atoms with Gasteiger partial charge in [-0.2, -0.15) is 0 Å². The summed E-state index contributed by atoms with van der Waals surface area (Å²) in [5.41, 5.74) is 1.49. The van der Waals surface area contributed by atoms with Crippen LogP contribution in [0.3, 0.4) is 0 Å². The van der Waals surface area contributed by atoms with E-state index < -0.39 is 11.8 Å². The first-order chi connectivity index (χ1) is 10.5. The minimum Gasteiger partial charge on any atom is -0.292 e. The van der Waals surface area contributed by atoms with Crippen LogP contribution in [0.5, 0.6) is 0 Å². The van der Waals surface area contributed by atoms with Gasteiger partial charge in [-0.1, -0.05) is 59.6 Å². The summed E-state index contributed by atoms with van der Waals surface area (Å²) in [5.74, 6) is -3.70. The zero-order chi connectivity index (χ0) is 15.7. The van der Waals surface area contributed by atoms with Crippen molar-refractivity contribution in [3.8, 4) is 0 Å². The van der Waals surface area contributed by atoms with Gasteiger partial charge in [0.25, 0.3) is 5.92 Å². The van der Waals surface area contributed by atoms with Crippen molar-refractivity contribution in [3.05, 3.63) is 69.7 Å². The second kappa shape index (κ2) is 6.15. The number of nitrogens with zero attached hydrogens (tertiary/aromatic N) is 1. The molecule has 0 bridgehead atoms. The summed E-state index contributed by atoms with van der Waals surface area (Å²) in [6.45, 7) is 0.535. The summed E-state index contributed by atoms with van der Waals surface area (Å²) in [6, 6.07) is 14.4. The lowest BCUT2D eigenvalue weighted by Gasteiger charge is -2.19. The van der Waals surface area contributed by atoms with Crippen molar-refractivity contribution in [1.82, 2.24) is 4.90 Å². The van der Waals surface area contributed by atoms with Crippen molar-refractivity contribution in [2.45, 2.75) is 18.4 Å². The van der Waals surface area contributed by atoms with Crippen LogP contribution in [-0.2, 0) is 6.54 Å². The van der Waals surface area contributed by atoms with Gasteiger partial charge < -0.3 is 0 Å². The van der Waals surface area contributed by atoms with Gasteiger partial charge in [-0.3, -0.25) is 4.90 Å². The largest absolute Gasteiger partial charge is 0.292 e. The predicted molar refractivity (Wildman–Crippen MR) is 85.9 cm³/mol. The second-order valence-electron chi connectivity index (χ2n) is 5.63. The van der Waals surface area contributed by atoms with E-state index in [1.54, 1.807) is 17.0 Å². The van der Waals surface area contributed by atoms with Crippen LogP contribution in [0.25, 0.3) is 0 Å². The van der Waals surface area contributed by atoms with Gasteiger partial charge >= 0.3 is 0 Å². The Kier molecular flexibility index (Phi) is 4.40. The van der Waals surface area contributed by atoms with E-state index in [9.17, 15) is 8.78 Å². The molecule has 5 heteroatoms. The van der Waals surface area contributed by atoms with Gasteiger partial charge in [-0.05, 0) is 23.3 Å². The topological polar surface area (TPSA) is 3.24 Å². The number of hydrogen-bond donors (Lipinski definition) is 0. The predicted octanol–water partition coefficient (Wildman–Crippen LogP) is 5.23. The average molecular weight is 342 g/mol. The molecule has 1 fully saturated rings. The lowest BCUT2D eigenvalue weighted by Crippen LogP contribution is -2.26. The maximum absolute atomic E-state index is 14.4. The van der Waals surface area contributed by atoms with Crippen LogP contribution >= 0.6 is 23.2 Å². The second-order valence-corrected chi connectivity index (χ2v) is 6.48. The van der Waals surface area contributed by atoms with Crippen molar-refractivity contribution in [3.63, 3.8) is 0 Å². The van der Waals surface area contributed by atoms with Crippen LogP contribution in [0.2, 0.25) is 10.0 Å². The first-order valence-corrected chi connectivity index (χ1v) is 7.80. The molecule has 0 aliphatic carbocycles. The van der Waals surface area contributed by atoms with Gasteiger partial charge in [-0.25, -0.2) is 8.78 Å². The van der Waals surface area contributed by atoms with Gasteiger partial charge in [-0.15, -0.1) is 0 Å². The van der Waals surface area contributed by atoms with Crippen LogP contribution in [0.4, 0.5) is 8.78 Å². The number of benzene rings is 2. The van der Waals surface area contributed by atoms with E-state index in [1.807, 2.05) is 30.3 Å². The number of likely N-dealkylation sites (tertiary alicyclic amines) is 1. The van der Waals surface area contributed by atoms with Crippen molar-refractivity contribution in [2.75, 3.05) is 13.1 Å². The summed E-state index contributed by atoms with van der Waals surface area (Å²) in [5, 5.41) is 0.759. The zero-order valence-electron chi connectivity index (χ0n) is 11.8. The van der Waals surface area contributed by atoms with Gasteiger partial charge in [0.2, 0.25) is 0 Å². The summed E-state index contributed by atoms with van der Waals surface area (Å²) in [6.07, 6.45) is 0. The van der Waals surface area contributed by atoms with Crippen LogP contribution < -0.4 is 0 Å². The molecular weight excluding hydrogens is 327 g/mol. The molecule has 1 unspecified atom stereocenters. The third-order valence-corrected chi connectivity index (χ3v) is 4.53. The normalized spacial score (nSPS) is 21.2. The fourth-order valence-corrected chi connectivity index (χ4v) is 3.48. The Balaban J connectivity index is 1.81. The monoisotopic (exact) mass is 341 g/mol. The van der Waals surface area contributed by atoms with Gasteiger partial charge in [0, 0.05) is 23.1 Å². The molecule has 2 aromatic carbocycles. The molecule has 0 spiro atoms. The molecule has 0 saturated carbocycles. The third kappa shape index (κ3) is 3.27. The van der Waals surface area contributed by atoms with Crippen molar-refractivity contribution < 1.29 is 8.78 Å². The summed E-state index contributed by atoms with van der Waals surface area (Å²) >= 11 is 12.0. The minimum atomic E-state index is -2.80. The molecular formula is C17H15Cl2F2N. The summed E-state index contributed by atoms with van der Waals surface area (Å²) in [4.78, 5) is 1.77. The standard InChI is InChI=1S/C17H15Cl2F2N/c18-13-6-7-14(16(19)8-13)15-10-22(11-17(15,20)21)9-12-4-2-1-3-5-12/h1-8,15H,9-11H2. The van der Waals surface area contributed by atoms with Crippen LogP contribution in [0.15, 0.2) is 48.5 Å². The molecule has 0 aromatic heterocycles. The van der Waals surface area contributed by atoms with Crippen LogP contribution in [-0.4, -0.2) is 23.9 Å². The van der Waals surface area contributed by atoms with Crippen molar-refractivity contribution in [1.29, 1.82) is 0 Å². The van der Waals surface area contributed by atoms with E-state index in [1.165, 1.54) is 6.07 Å². The highest BCUT2D eigenvalue weighted by atomic mass is 35.5. The molecule has 0 N–H and O–H groups in total. The van der Waals surface area contributed by atoms with E-state index in [-0.39, 0.29) is 13.1 Å². The highest BCUT2D eigenvalue weighted by Crippen LogP contribution is 2.43. The molecule has 1 aliphatic rings. The zero-order valence-corrected chi connectivity index (χ0v) is 13.3. The maximum atomic E-state index is 14.4. The maximum Gasteiger partial charge on any atom is 0.268 e. The highest BCUT2D eigenvalue weighted by Gasteiger charge is 2.49. The molecule has 1 heterocycles. The minimum absolute atomic E-state index is 0.258. The van der Waals surface area contributed by atoms with Crippen LogP contribution in [0, 0.1) is 0 Å². The Hall–Kier alpha value is -1.16. The number of alkyl halides is 2. The fourth-order valence-electron chi connectivity index (χ4n) is 2.94. The molecule has 0 amide bonds. The molecule has 1 atom stereocenters. The Morgan fingerprint density at radius 2 is 1.82 bits per heavy atom. The Morgan fingerprint density at radius 1 is 1.09 bits per heavy atom. The first-order valence-electron chi connectivity index (χ1n) is 7.05. The van der Waals surface area contributed by atoms with Crippen molar-refractivity contribution in [2.24, 2.45) is 0 Å². The fraction of sp³-hybridized carbons (Fsp3) is 0.294. The lowest BCUT2D eigenvalue weighted by molar-refractivity contribution is -0.00343. The van der Waals surface area contributed by atoms with Gasteiger partial charge in [0.05, 0.1) is 12.5 Å². The molecule has 2 aromatic rings. The van der Waals surface area contributed by atoms with E-state index in [0.29, 0.717) is 22.2 Å². The molecule has 116 valence electrons. The molecule has 1 saturated heterocycles. The Bertz CT molecular complexity index is 661. The lowest BCUT2D eigenvalue weighted by atomic mass is 9.95. The van der Waals surface area contributed by atoms with E-state index in [0.717, 1.165) is 5.56 Å². The summed E-state index contributed by atoms with van der Waals surface area (Å²) in [7, 11) is 0. The highest BCUT2D eigenvalue weighted by molar-refractivity contribution is 6.35. The first kappa shape index (κ1) is 15.7. The quantitative estimate of drug-likeness (QED) is 0.738. The Morgan fingerprint density at radius 3 is 2.50 bits per heavy atom. The van der Waals surface area contributed by atoms with Gasteiger partial charge in [0.1, 0.15) is 0 Å². The van der Waals surface area contributed by atoms with E-state index in [4.69, 9.17) is 23.2 Å². The van der Waals surface area contributed by atoms with Gasteiger partial charge in [0.15, 0.2) is 0 Å². The molecule has 1 nitrogen and oxygen atoms in total. The van der Waals surface area contributed by atoms with E-state index in [2.05, 4.69) is 0 Å².